The third-order valence-electron chi connectivity index (χ3n) is 2.33. The van der Waals surface area contributed by atoms with Crippen LogP contribution in [0.15, 0.2) is 36.5 Å². The minimum absolute atomic E-state index is 0.295. The molecule has 15 heavy (non-hydrogen) atoms. The lowest BCUT2D eigenvalue weighted by atomic mass is 10.1. The summed E-state index contributed by atoms with van der Waals surface area (Å²) >= 11 is 5.32. The summed E-state index contributed by atoms with van der Waals surface area (Å²) in [4.78, 5) is 15.0. The van der Waals surface area contributed by atoms with E-state index in [9.17, 15) is 4.79 Å². The number of nitrogens with zero attached hydrogens (tertiary/aromatic N) is 1. The van der Waals surface area contributed by atoms with Crippen molar-refractivity contribution in [2.24, 2.45) is 0 Å². The van der Waals surface area contributed by atoms with Crippen LogP contribution >= 0.6 is 11.6 Å². The molecule has 2 aromatic rings. The van der Waals surface area contributed by atoms with E-state index in [0.717, 1.165) is 16.5 Å². The lowest BCUT2D eigenvalue weighted by Crippen LogP contribution is -1.93. The van der Waals surface area contributed by atoms with Gasteiger partial charge >= 0.3 is 0 Å². The molecular weight excluding hydrogens is 210 g/mol. The Morgan fingerprint density at radius 2 is 2.07 bits per heavy atom. The fourth-order valence-corrected chi connectivity index (χ4v) is 1.70. The fraction of sp³-hybridized carbons (Fsp3) is 0.167. The van der Waals surface area contributed by atoms with Gasteiger partial charge in [-0.05, 0) is 35.7 Å². The number of para-hydroxylation sites is 1. The van der Waals surface area contributed by atoms with Gasteiger partial charge in [-0.1, -0.05) is 18.2 Å². The Bertz CT molecular complexity index is 490. The fourth-order valence-electron chi connectivity index (χ4n) is 1.61. The van der Waals surface area contributed by atoms with Crippen molar-refractivity contribution in [1.29, 1.82) is 0 Å². The van der Waals surface area contributed by atoms with Crippen LogP contribution in [0.5, 0.6) is 0 Å². The predicted octanol–water partition coefficient (Wildman–Crippen LogP) is 2.93. The number of fused-ring (bicyclic) bond motifs is 1. The van der Waals surface area contributed by atoms with E-state index >= 15 is 0 Å². The van der Waals surface area contributed by atoms with Gasteiger partial charge in [0.15, 0.2) is 0 Å². The molecule has 0 aliphatic carbocycles. The van der Waals surface area contributed by atoms with Crippen LogP contribution in [0, 0.1) is 0 Å². The molecule has 0 N–H and O–H groups in total. The van der Waals surface area contributed by atoms with Crippen molar-refractivity contribution >= 4 is 27.7 Å². The molecule has 0 radical (unpaired) electrons. The molecule has 0 unspecified atom stereocenters. The van der Waals surface area contributed by atoms with Gasteiger partial charge < -0.3 is 0 Å². The summed E-state index contributed by atoms with van der Waals surface area (Å²) in [6.07, 6.45) is 2.80. The number of carbonyl (C=O) groups is 1. The van der Waals surface area contributed by atoms with Gasteiger partial charge in [0.1, 0.15) is 0 Å². The largest absolute Gasteiger partial charge is 0.281 e. The van der Waals surface area contributed by atoms with E-state index in [2.05, 4.69) is 4.98 Å². The standard InChI is InChI=1S/C12H10ClNO/c13-12(15)6-5-9-7-8-14-11-4-2-1-3-10(9)11/h1-4,7-8H,5-6H2. The molecule has 1 aromatic heterocycles. The number of rotatable bonds is 3. The van der Waals surface area contributed by atoms with E-state index in [1.165, 1.54) is 0 Å². The molecule has 2 nitrogen and oxygen atoms in total. The van der Waals surface area contributed by atoms with Crippen molar-refractivity contribution in [2.45, 2.75) is 12.8 Å². The zero-order valence-electron chi connectivity index (χ0n) is 8.11. The first kappa shape index (κ1) is 10.1. The summed E-state index contributed by atoms with van der Waals surface area (Å²) in [7, 11) is 0. The summed E-state index contributed by atoms with van der Waals surface area (Å²) in [6.45, 7) is 0. The highest BCUT2D eigenvalue weighted by Gasteiger charge is 2.03. The Kier molecular flexibility index (Phi) is 2.97. The maximum atomic E-state index is 10.7. The van der Waals surface area contributed by atoms with Crippen molar-refractivity contribution < 1.29 is 4.79 Å². The van der Waals surface area contributed by atoms with Gasteiger partial charge in [0, 0.05) is 18.0 Å². The number of aromatic nitrogens is 1. The molecule has 0 amide bonds. The van der Waals surface area contributed by atoms with Gasteiger partial charge in [-0.25, -0.2) is 0 Å². The van der Waals surface area contributed by atoms with E-state index in [1.807, 2.05) is 30.3 Å². The van der Waals surface area contributed by atoms with Gasteiger partial charge in [-0.2, -0.15) is 0 Å². The van der Waals surface area contributed by atoms with Crippen molar-refractivity contribution in [3.05, 3.63) is 42.1 Å². The normalized spacial score (nSPS) is 10.5. The lowest BCUT2D eigenvalue weighted by molar-refractivity contribution is -0.111. The average Bonchev–Trinajstić information content (AvgIpc) is 2.26. The predicted molar refractivity (Wildman–Crippen MR) is 60.9 cm³/mol. The van der Waals surface area contributed by atoms with Crippen LogP contribution in [-0.2, 0) is 11.2 Å². The summed E-state index contributed by atoms with van der Waals surface area (Å²) in [5.41, 5.74) is 2.08. The molecule has 1 aromatic carbocycles. The third kappa shape index (κ3) is 2.34. The number of aryl methyl sites for hydroxylation is 1. The molecule has 2 rings (SSSR count). The smallest absolute Gasteiger partial charge is 0.221 e. The summed E-state index contributed by atoms with van der Waals surface area (Å²) in [5, 5.41) is 0.800. The van der Waals surface area contributed by atoms with Gasteiger partial charge in [-0.3, -0.25) is 9.78 Å². The van der Waals surface area contributed by atoms with Crippen LogP contribution in [0.3, 0.4) is 0 Å². The topological polar surface area (TPSA) is 30.0 Å². The first-order chi connectivity index (χ1) is 7.27. The summed E-state index contributed by atoms with van der Waals surface area (Å²) in [5.74, 6) is 0. The number of pyridine rings is 1. The van der Waals surface area contributed by atoms with Gasteiger partial charge in [0.25, 0.3) is 0 Å². The summed E-state index contributed by atoms with van der Waals surface area (Å²) < 4.78 is 0. The lowest BCUT2D eigenvalue weighted by Gasteiger charge is -2.03. The molecule has 76 valence electrons. The second kappa shape index (κ2) is 4.41. The second-order valence-corrected chi connectivity index (χ2v) is 3.76. The van der Waals surface area contributed by atoms with Crippen molar-refractivity contribution in [3.63, 3.8) is 0 Å². The Labute approximate surface area is 92.9 Å². The van der Waals surface area contributed by atoms with Crippen LogP contribution in [0.25, 0.3) is 10.9 Å². The Morgan fingerprint density at radius 1 is 1.27 bits per heavy atom. The second-order valence-electron chi connectivity index (χ2n) is 3.34. The molecule has 0 bridgehead atoms. The van der Waals surface area contributed by atoms with E-state index < -0.39 is 0 Å². The van der Waals surface area contributed by atoms with E-state index in [1.54, 1.807) is 6.20 Å². The number of carbonyl (C=O) groups excluding carboxylic acids is 1. The molecule has 3 heteroatoms. The summed E-state index contributed by atoms with van der Waals surface area (Å²) in [6, 6.07) is 9.82. The van der Waals surface area contributed by atoms with Crippen molar-refractivity contribution in [1.82, 2.24) is 4.98 Å². The molecule has 0 spiro atoms. The van der Waals surface area contributed by atoms with Crippen LogP contribution in [-0.4, -0.2) is 10.2 Å². The zero-order valence-corrected chi connectivity index (χ0v) is 8.87. The average molecular weight is 220 g/mol. The maximum absolute atomic E-state index is 10.7. The SMILES string of the molecule is O=C(Cl)CCc1ccnc2ccccc12. The first-order valence-corrected chi connectivity index (χ1v) is 5.16. The highest BCUT2D eigenvalue weighted by atomic mass is 35.5. The molecule has 1 heterocycles. The number of hydrogen-bond acceptors (Lipinski definition) is 2. The van der Waals surface area contributed by atoms with E-state index in [-0.39, 0.29) is 5.24 Å². The molecule has 0 saturated heterocycles. The quantitative estimate of drug-likeness (QED) is 0.743. The maximum Gasteiger partial charge on any atom is 0.221 e. The Balaban J connectivity index is 2.38. The molecule has 0 aliphatic heterocycles. The monoisotopic (exact) mass is 219 g/mol. The van der Waals surface area contributed by atoms with Crippen LogP contribution < -0.4 is 0 Å². The van der Waals surface area contributed by atoms with Gasteiger partial charge in [0.2, 0.25) is 5.24 Å². The third-order valence-corrected chi connectivity index (χ3v) is 2.52. The molecular formula is C12H10ClNO. The number of benzene rings is 1. The van der Waals surface area contributed by atoms with Gasteiger partial charge in [-0.15, -0.1) is 0 Å². The number of hydrogen-bond donors (Lipinski definition) is 0. The minimum atomic E-state index is -0.295. The molecule has 0 atom stereocenters. The van der Waals surface area contributed by atoms with Crippen LogP contribution in [0.4, 0.5) is 0 Å². The van der Waals surface area contributed by atoms with Crippen LogP contribution in [0.1, 0.15) is 12.0 Å². The van der Waals surface area contributed by atoms with E-state index in [0.29, 0.717) is 12.8 Å². The van der Waals surface area contributed by atoms with Crippen LogP contribution in [0.2, 0.25) is 0 Å². The molecule has 0 fully saturated rings. The first-order valence-electron chi connectivity index (χ1n) is 4.78. The zero-order chi connectivity index (χ0) is 10.7. The minimum Gasteiger partial charge on any atom is -0.281 e. The molecule has 0 aliphatic rings. The highest BCUT2D eigenvalue weighted by molar-refractivity contribution is 6.63. The van der Waals surface area contributed by atoms with Gasteiger partial charge in [0.05, 0.1) is 5.52 Å². The number of halogens is 1. The van der Waals surface area contributed by atoms with Crippen molar-refractivity contribution in [2.75, 3.05) is 0 Å². The molecule has 0 saturated carbocycles. The van der Waals surface area contributed by atoms with Crippen molar-refractivity contribution in [3.8, 4) is 0 Å². The Morgan fingerprint density at radius 3 is 2.87 bits per heavy atom. The van der Waals surface area contributed by atoms with E-state index in [4.69, 9.17) is 11.6 Å². The highest BCUT2D eigenvalue weighted by Crippen LogP contribution is 2.17. The Hall–Kier alpha value is -1.41.